The summed E-state index contributed by atoms with van der Waals surface area (Å²) in [4.78, 5) is 67.1. The van der Waals surface area contributed by atoms with Crippen LogP contribution in [0.4, 0.5) is 0 Å². The Kier molecular flexibility index (Phi) is 11.1. The summed E-state index contributed by atoms with van der Waals surface area (Å²) in [5.41, 5.74) is -0.360. The van der Waals surface area contributed by atoms with E-state index in [1.807, 2.05) is 13.8 Å². The summed E-state index contributed by atoms with van der Waals surface area (Å²) in [6.07, 6.45) is 8.62. The van der Waals surface area contributed by atoms with E-state index in [0.717, 1.165) is 62.3 Å². The van der Waals surface area contributed by atoms with Crippen molar-refractivity contribution < 1.29 is 41.9 Å². The van der Waals surface area contributed by atoms with E-state index in [-0.39, 0.29) is 92.8 Å². The van der Waals surface area contributed by atoms with Crippen molar-refractivity contribution in [2.45, 2.75) is 169 Å². The maximum atomic E-state index is 14.5. The molecule has 61 heavy (non-hydrogen) atoms. The van der Waals surface area contributed by atoms with Gasteiger partial charge in [0.05, 0.1) is 21.8 Å². The third kappa shape index (κ3) is 6.99. The number of carbonyl (C=O) groups is 5. The van der Waals surface area contributed by atoms with Gasteiger partial charge in [0.2, 0.25) is 5.91 Å². The van der Waals surface area contributed by atoms with E-state index < -0.39 is 26.2 Å². The molecule has 6 aliphatic carbocycles. The zero-order valence-corrected chi connectivity index (χ0v) is 39.6. The maximum absolute atomic E-state index is 14.5. The van der Waals surface area contributed by atoms with Crippen molar-refractivity contribution in [1.29, 1.82) is 0 Å². The molecule has 0 saturated heterocycles. The summed E-state index contributed by atoms with van der Waals surface area (Å²) >= 11 is 0. The summed E-state index contributed by atoms with van der Waals surface area (Å²) in [6.45, 7) is 24.3. The Bertz CT molecular complexity index is 2150. The molecular weight excluding hydrogens is 791 g/mol. The number of rotatable bonds is 11. The van der Waals surface area contributed by atoms with Crippen molar-refractivity contribution in [3.63, 3.8) is 0 Å². The Morgan fingerprint density at radius 2 is 1.51 bits per heavy atom. The minimum absolute atomic E-state index is 0.000338. The SMILES string of the molecule is CC(C)C1=C2[C@H]3CC[C@@H]4[C@@]5(C)CC[C@H](OC(=O)[C@H]6C[C@@H](OC=O)C6(C)C)C(C)(C)[C@@H]5CC[C@@]4(C)[C@]3(C)CC[C@@]2(NC(=O)C(C)(C)CC(=O)c2ccc(S(C)(=O)=O)cc2)CC1=O. The highest BCUT2D eigenvalue weighted by Crippen LogP contribution is 2.76. The minimum atomic E-state index is -3.42. The summed E-state index contributed by atoms with van der Waals surface area (Å²) in [5.74, 6) is 0.0357. The van der Waals surface area contributed by atoms with Gasteiger partial charge in [0.25, 0.3) is 6.47 Å². The number of sulfone groups is 1. The lowest BCUT2D eigenvalue weighted by Crippen LogP contribution is -2.67. The van der Waals surface area contributed by atoms with Crippen LogP contribution in [-0.2, 0) is 38.5 Å². The molecule has 5 saturated carbocycles. The van der Waals surface area contributed by atoms with E-state index in [9.17, 15) is 32.4 Å². The zero-order valence-electron chi connectivity index (χ0n) is 38.8. The maximum Gasteiger partial charge on any atom is 0.310 e. The zero-order chi connectivity index (χ0) is 45.1. The van der Waals surface area contributed by atoms with Crippen molar-refractivity contribution >= 4 is 39.8 Å². The molecule has 6 aliphatic rings. The second-order valence-electron chi connectivity index (χ2n) is 23.1. The summed E-state index contributed by atoms with van der Waals surface area (Å²) in [5, 5.41) is 3.47. The highest BCUT2D eigenvalue weighted by Gasteiger charge is 2.70. The Balaban J connectivity index is 1.12. The third-order valence-corrected chi connectivity index (χ3v) is 19.6. The Morgan fingerprint density at radius 3 is 2.10 bits per heavy atom. The fourth-order valence-electron chi connectivity index (χ4n) is 14.6. The molecule has 0 aliphatic heterocycles. The largest absolute Gasteiger partial charge is 0.464 e. The van der Waals surface area contributed by atoms with Crippen LogP contribution in [-0.4, -0.2) is 62.3 Å². The number of hydrogen-bond acceptors (Lipinski definition) is 9. The molecular formula is C50H71NO9S. The van der Waals surface area contributed by atoms with Gasteiger partial charge in [-0.05, 0) is 121 Å². The topological polar surface area (TPSA) is 150 Å². The van der Waals surface area contributed by atoms with Gasteiger partial charge in [-0.1, -0.05) is 88.3 Å². The molecule has 10 atom stereocenters. The predicted octanol–water partition coefficient (Wildman–Crippen LogP) is 9.04. The number of fused-ring (bicyclic) bond motifs is 7. The molecule has 0 radical (unpaired) electrons. The van der Waals surface area contributed by atoms with Crippen molar-refractivity contribution in [3.05, 3.63) is 41.0 Å². The normalized spacial score (nSPS) is 37.6. The van der Waals surface area contributed by atoms with Gasteiger partial charge in [0, 0.05) is 35.5 Å². The third-order valence-electron chi connectivity index (χ3n) is 18.5. The Hall–Kier alpha value is -3.34. The molecule has 1 aromatic carbocycles. The highest BCUT2D eigenvalue weighted by molar-refractivity contribution is 7.90. The van der Waals surface area contributed by atoms with Crippen molar-refractivity contribution in [2.24, 2.45) is 62.1 Å². The fourth-order valence-corrected chi connectivity index (χ4v) is 15.2. The summed E-state index contributed by atoms with van der Waals surface area (Å²) in [7, 11) is -3.42. The van der Waals surface area contributed by atoms with E-state index in [1.165, 1.54) is 24.3 Å². The number of carbonyl (C=O) groups excluding carboxylic acids is 5. The fraction of sp³-hybridized carbons (Fsp3) is 0.740. The Morgan fingerprint density at radius 1 is 0.852 bits per heavy atom. The van der Waals surface area contributed by atoms with Gasteiger partial charge in [0.1, 0.15) is 12.2 Å². The van der Waals surface area contributed by atoms with Crippen LogP contribution in [0.25, 0.3) is 0 Å². The molecule has 336 valence electrons. The summed E-state index contributed by atoms with van der Waals surface area (Å²) < 4.78 is 35.7. The highest BCUT2D eigenvalue weighted by atomic mass is 32.2. The van der Waals surface area contributed by atoms with E-state index in [4.69, 9.17) is 9.47 Å². The second kappa shape index (κ2) is 14.9. The average molecular weight is 862 g/mol. The first-order valence-electron chi connectivity index (χ1n) is 22.8. The number of hydrogen-bond donors (Lipinski definition) is 1. The van der Waals surface area contributed by atoms with Gasteiger partial charge in [-0.15, -0.1) is 0 Å². The van der Waals surface area contributed by atoms with Crippen LogP contribution < -0.4 is 5.32 Å². The molecule has 5 fully saturated rings. The molecule has 0 unspecified atom stereocenters. The van der Waals surface area contributed by atoms with Crippen LogP contribution >= 0.6 is 0 Å². The molecule has 0 spiro atoms. The van der Waals surface area contributed by atoms with Gasteiger partial charge in [0.15, 0.2) is 21.4 Å². The molecule has 0 bridgehead atoms. The van der Waals surface area contributed by atoms with Gasteiger partial charge in [-0.2, -0.15) is 0 Å². The average Bonchev–Trinajstić information content (AvgIpc) is 3.45. The first-order chi connectivity index (χ1) is 28.1. The number of Topliss-reactive ketones (excluding diaryl/α,β-unsaturated/α-hetero) is 2. The quantitative estimate of drug-likeness (QED) is 0.131. The number of benzene rings is 1. The van der Waals surface area contributed by atoms with Crippen LogP contribution in [0.3, 0.4) is 0 Å². The van der Waals surface area contributed by atoms with Crippen LogP contribution in [0.1, 0.15) is 157 Å². The van der Waals surface area contributed by atoms with E-state index >= 15 is 0 Å². The lowest BCUT2D eigenvalue weighted by Gasteiger charge is -2.72. The van der Waals surface area contributed by atoms with Crippen molar-refractivity contribution in [3.8, 4) is 0 Å². The van der Waals surface area contributed by atoms with Gasteiger partial charge < -0.3 is 14.8 Å². The van der Waals surface area contributed by atoms with E-state index in [1.54, 1.807) is 13.8 Å². The minimum Gasteiger partial charge on any atom is -0.464 e. The number of esters is 1. The Labute approximate surface area is 364 Å². The van der Waals surface area contributed by atoms with E-state index in [0.29, 0.717) is 36.7 Å². The van der Waals surface area contributed by atoms with Crippen LogP contribution in [0.15, 0.2) is 40.3 Å². The van der Waals surface area contributed by atoms with Crippen LogP contribution in [0.2, 0.25) is 0 Å². The molecule has 1 amide bonds. The van der Waals surface area contributed by atoms with Crippen LogP contribution in [0.5, 0.6) is 0 Å². The standard InChI is InChI=1S/C50H71NO9S/c1-29(2)40-35(54)27-50(51-43(56)44(3,4)26-34(53)30-13-15-31(16-14-30)61(12,57)58)24-23-48(10)32(41(40)50)17-18-37-47(9)21-20-38(46(7,8)36(47)19-22-49(37,48)11)60-42(55)33-25-39(59-28-52)45(33,5)6/h13-16,28-29,32-33,36-39H,17-27H2,1-12H3,(H,51,56)/t32-,33-,36+,37-,38+,39-,47+,48-,49-,50-/m1/s1. The molecule has 10 nitrogen and oxygen atoms in total. The monoisotopic (exact) mass is 861 g/mol. The lowest BCUT2D eigenvalue weighted by atomic mass is 9.33. The molecule has 0 aromatic heterocycles. The molecule has 1 aromatic rings. The van der Waals surface area contributed by atoms with Gasteiger partial charge in [-0.25, -0.2) is 8.42 Å². The van der Waals surface area contributed by atoms with Gasteiger partial charge in [-0.3, -0.25) is 24.0 Å². The first kappa shape index (κ1) is 45.7. The molecule has 11 heteroatoms. The van der Waals surface area contributed by atoms with Crippen LogP contribution in [0, 0.1) is 62.1 Å². The lowest BCUT2D eigenvalue weighted by molar-refractivity contribution is -0.236. The predicted molar refractivity (Wildman–Crippen MR) is 233 cm³/mol. The van der Waals surface area contributed by atoms with Crippen molar-refractivity contribution in [1.82, 2.24) is 5.32 Å². The van der Waals surface area contributed by atoms with Gasteiger partial charge >= 0.3 is 5.97 Å². The van der Waals surface area contributed by atoms with Crippen molar-refractivity contribution in [2.75, 3.05) is 6.26 Å². The molecule has 0 heterocycles. The second-order valence-corrected chi connectivity index (χ2v) is 25.1. The summed E-state index contributed by atoms with van der Waals surface area (Å²) in [6, 6.07) is 5.86. The number of nitrogens with one attached hydrogen (secondary N) is 1. The smallest absolute Gasteiger partial charge is 0.310 e. The first-order valence-corrected chi connectivity index (χ1v) is 24.7. The number of allylic oxidation sites excluding steroid dienone is 1. The molecule has 7 rings (SSSR count). The number of ether oxygens (including phenoxy) is 2. The number of amides is 1. The van der Waals surface area contributed by atoms with E-state index in [2.05, 4.69) is 53.8 Å². The molecule has 1 N–H and O–H groups in total. The number of ketones is 2.